The van der Waals surface area contributed by atoms with Crippen LogP contribution in [-0.4, -0.2) is 25.7 Å². The minimum Gasteiger partial charge on any atom is -0.269 e. The number of para-hydroxylation sites is 1. The number of nitrogens with zero attached hydrogens (tertiary/aromatic N) is 2. The fourth-order valence-corrected chi connectivity index (χ4v) is 3.91. The molecular weight excluding hydrogens is 338 g/mol. The summed E-state index contributed by atoms with van der Waals surface area (Å²) in [6.45, 7) is 1.75. The molecule has 0 saturated heterocycles. The van der Waals surface area contributed by atoms with Crippen LogP contribution in [0.5, 0.6) is 0 Å². The van der Waals surface area contributed by atoms with Crippen molar-refractivity contribution in [3.8, 4) is 11.3 Å². The minimum absolute atomic E-state index is 0.198. The van der Waals surface area contributed by atoms with Gasteiger partial charge in [0.1, 0.15) is 0 Å². The number of hydrogen-bond acceptors (Lipinski definition) is 4. The Labute approximate surface area is 145 Å². The van der Waals surface area contributed by atoms with Gasteiger partial charge in [0, 0.05) is 18.7 Å². The van der Waals surface area contributed by atoms with Gasteiger partial charge in [0.25, 0.3) is 15.6 Å². The second-order valence-corrected chi connectivity index (χ2v) is 7.53. The second-order valence-electron chi connectivity index (χ2n) is 5.59. The van der Waals surface area contributed by atoms with Crippen LogP contribution in [0, 0.1) is 6.92 Å². The molecular formula is C18H17N3O3S. The number of rotatable bonds is 4. The van der Waals surface area contributed by atoms with E-state index < -0.39 is 10.0 Å². The van der Waals surface area contributed by atoms with Gasteiger partial charge >= 0.3 is 0 Å². The molecule has 0 unspecified atom stereocenters. The molecule has 0 amide bonds. The molecule has 0 aliphatic heterocycles. The Bertz CT molecular complexity index is 1040. The van der Waals surface area contributed by atoms with E-state index in [4.69, 9.17) is 0 Å². The van der Waals surface area contributed by atoms with Gasteiger partial charge in [-0.2, -0.15) is 5.10 Å². The number of H-pyrrole nitrogens is 1. The first kappa shape index (κ1) is 16.9. The normalized spacial score (nSPS) is 11.3. The van der Waals surface area contributed by atoms with E-state index >= 15 is 0 Å². The lowest BCUT2D eigenvalue weighted by Gasteiger charge is -2.21. The van der Waals surface area contributed by atoms with Crippen LogP contribution in [-0.2, 0) is 10.0 Å². The summed E-state index contributed by atoms with van der Waals surface area (Å²) in [6, 6.07) is 16.9. The van der Waals surface area contributed by atoms with E-state index in [0.717, 1.165) is 0 Å². The highest BCUT2D eigenvalue weighted by atomic mass is 32.2. The highest BCUT2D eigenvalue weighted by Crippen LogP contribution is 2.27. The lowest BCUT2D eigenvalue weighted by molar-refractivity contribution is 0.594. The van der Waals surface area contributed by atoms with Gasteiger partial charge in [-0.3, -0.25) is 9.10 Å². The highest BCUT2D eigenvalue weighted by molar-refractivity contribution is 7.92. The molecule has 0 atom stereocenters. The second kappa shape index (κ2) is 6.52. The smallest absolute Gasteiger partial charge is 0.264 e. The molecule has 0 aliphatic rings. The first-order chi connectivity index (χ1) is 11.9. The van der Waals surface area contributed by atoms with Crippen LogP contribution in [0.1, 0.15) is 5.56 Å². The van der Waals surface area contributed by atoms with Crippen LogP contribution >= 0.6 is 0 Å². The number of sulfonamides is 1. The van der Waals surface area contributed by atoms with Crippen molar-refractivity contribution in [2.24, 2.45) is 0 Å². The molecule has 0 saturated carbocycles. The van der Waals surface area contributed by atoms with Crippen LogP contribution in [0.2, 0.25) is 0 Å². The van der Waals surface area contributed by atoms with Crippen LogP contribution in [0.25, 0.3) is 11.3 Å². The van der Waals surface area contributed by atoms with Gasteiger partial charge in [-0.25, -0.2) is 13.5 Å². The largest absolute Gasteiger partial charge is 0.269 e. The third-order valence-electron chi connectivity index (χ3n) is 3.92. The van der Waals surface area contributed by atoms with E-state index in [1.54, 1.807) is 55.5 Å². The Morgan fingerprint density at radius 2 is 1.72 bits per heavy atom. The van der Waals surface area contributed by atoms with Crippen molar-refractivity contribution in [2.75, 3.05) is 11.4 Å². The van der Waals surface area contributed by atoms with Gasteiger partial charge in [0.2, 0.25) is 0 Å². The number of aromatic nitrogens is 2. The summed E-state index contributed by atoms with van der Waals surface area (Å²) in [5.74, 6) is 0. The molecule has 3 rings (SSSR count). The predicted octanol–water partition coefficient (Wildman–Crippen LogP) is 2.57. The van der Waals surface area contributed by atoms with Crippen molar-refractivity contribution in [2.45, 2.75) is 11.8 Å². The monoisotopic (exact) mass is 355 g/mol. The summed E-state index contributed by atoms with van der Waals surface area (Å²) >= 11 is 0. The SMILES string of the molecule is Cc1ccc(-c2ccc(=O)[nH]n2)cc1S(=O)(=O)N(C)c1ccccc1. The summed E-state index contributed by atoms with van der Waals surface area (Å²) in [5, 5.41) is 6.31. The van der Waals surface area contributed by atoms with Crippen molar-refractivity contribution < 1.29 is 8.42 Å². The van der Waals surface area contributed by atoms with Crippen molar-refractivity contribution in [3.05, 3.63) is 76.6 Å². The molecule has 0 radical (unpaired) electrons. The lowest BCUT2D eigenvalue weighted by atomic mass is 10.1. The third kappa shape index (κ3) is 3.32. The number of aryl methyl sites for hydroxylation is 1. The zero-order valence-electron chi connectivity index (χ0n) is 13.8. The molecule has 0 bridgehead atoms. The van der Waals surface area contributed by atoms with Gasteiger partial charge in [-0.05, 0) is 36.8 Å². The molecule has 3 aromatic rings. The Balaban J connectivity index is 2.08. The first-order valence-electron chi connectivity index (χ1n) is 7.60. The van der Waals surface area contributed by atoms with E-state index in [-0.39, 0.29) is 10.5 Å². The predicted molar refractivity (Wildman–Crippen MR) is 97.1 cm³/mol. The molecule has 6 nitrogen and oxygen atoms in total. The number of anilines is 1. The molecule has 0 aliphatic carbocycles. The maximum atomic E-state index is 13.0. The Kier molecular flexibility index (Phi) is 4.41. The summed E-state index contributed by atoms with van der Waals surface area (Å²) in [6.07, 6.45) is 0. The zero-order valence-corrected chi connectivity index (χ0v) is 14.6. The summed E-state index contributed by atoms with van der Waals surface area (Å²) < 4.78 is 27.3. The van der Waals surface area contributed by atoms with Gasteiger partial charge < -0.3 is 0 Å². The van der Waals surface area contributed by atoms with E-state index in [1.807, 2.05) is 6.07 Å². The van der Waals surface area contributed by atoms with Crippen molar-refractivity contribution >= 4 is 15.7 Å². The molecule has 1 N–H and O–H groups in total. The van der Waals surface area contributed by atoms with Gasteiger partial charge in [0.15, 0.2) is 0 Å². The van der Waals surface area contributed by atoms with E-state index in [9.17, 15) is 13.2 Å². The summed E-state index contributed by atoms with van der Waals surface area (Å²) in [7, 11) is -2.20. The minimum atomic E-state index is -3.73. The summed E-state index contributed by atoms with van der Waals surface area (Å²) in [5.41, 5.74) is 2.01. The number of hydrogen-bond donors (Lipinski definition) is 1. The fraction of sp³-hybridized carbons (Fsp3) is 0.111. The maximum absolute atomic E-state index is 13.0. The average molecular weight is 355 g/mol. The number of benzene rings is 2. The zero-order chi connectivity index (χ0) is 18.0. The van der Waals surface area contributed by atoms with Gasteiger partial charge in [-0.15, -0.1) is 0 Å². The van der Waals surface area contributed by atoms with Crippen molar-refractivity contribution in [1.29, 1.82) is 0 Å². The van der Waals surface area contributed by atoms with Gasteiger partial charge in [0.05, 0.1) is 16.3 Å². The van der Waals surface area contributed by atoms with Gasteiger partial charge in [-0.1, -0.05) is 30.3 Å². The standard InChI is InChI=1S/C18H17N3O3S/c1-13-8-9-14(16-10-11-18(22)20-19-16)12-17(13)25(23,24)21(2)15-6-4-3-5-7-15/h3-12H,1-2H3,(H,20,22). The molecule has 128 valence electrons. The van der Waals surface area contributed by atoms with E-state index in [2.05, 4.69) is 10.2 Å². The topological polar surface area (TPSA) is 83.1 Å². The fourth-order valence-electron chi connectivity index (χ4n) is 2.47. The molecule has 0 fully saturated rings. The number of nitrogens with one attached hydrogen (secondary N) is 1. The van der Waals surface area contributed by atoms with Crippen LogP contribution in [0.3, 0.4) is 0 Å². The lowest BCUT2D eigenvalue weighted by Crippen LogP contribution is -2.27. The molecule has 2 aromatic carbocycles. The quantitative estimate of drug-likeness (QED) is 0.780. The molecule has 1 aromatic heterocycles. The van der Waals surface area contributed by atoms with Crippen molar-refractivity contribution in [3.63, 3.8) is 0 Å². The van der Waals surface area contributed by atoms with E-state index in [0.29, 0.717) is 22.5 Å². The van der Waals surface area contributed by atoms with Crippen LogP contribution in [0.15, 0.2) is 70.4 Å². The Morgan fingerprint density at radius 1 is 1.00 bits per heavy atom. The molecule has 0 spiro atoms. The Morgan fingerprint density at radius 3 is 2.36 bits per heavy atom. The van der Waals surface area contributed by atoms with E-state index in [1.165, 1.54) is 17.4 Å². The highest BCUT2D eigenvalue weighted by Gasteiger charge is 2.23. The molecule has 25 heavy (non-hydrogen) atoms. The average Bonchev–Trinajstić information content (AvgIpc) is 2.63. The Hall–Kier alpha value is -2.93. The molecule has 1 heterocycles. The molecule has 7 heteroatoms. The van der Waals surface area contributed by atoms with Crippen LogP contribution in [0.4, 0.5) is 5.69 Å². The maximum Gasteiger partial charge on any atom is 0.264 e. The van der Waals surface area contributed by atoms with Crippen molar-refractivity contribution in [1.82, 2.24) is 10.2 Å². The summed E-state index contributed by atoms with van der Waals surface area (Å²) in [4.78, 5) is 11.4. The first-order valence-corrected chi connectivity index (χ1v) is 9.04. The number of aromatic amines is 1. The van der Waals surface area contributed by atoms with Crippen LogP contribution < -0.4 is 9.86 Å². The third-order valence-corrected chi connectivity index (χ3v) is 5.85.